The van der Waals surface area contributed by atoms with Gasteiger partial charge in [0.15, 0.2) is 17.3 Å². The van der Waals surface area contributed by atoms with E-state index in [1.807, 2.05) is 6.92 Å². The Kier molecular flexibility index (Phi) is 6.82. The number of fused-ring (bicyclic) bond motifs is 1. The first-order valence-electron chi connectivity index (χ1n) is 12.7. The molecular formula is C26H38O10. The predicted octanol–water partition coefficient (Wildman–Crippen LogP) is 1.18. The second kappa shape index (κ2) is 9.08. The van der Waals surface area contributed by atoms with Crippen LogP contribution in [0.2, 0.25) is 0 Å². The van der Waals surface area contributed by atoms with Gasteiger partial charge in [0.1, 0.15) is 18.3 Å². The third kappa shape index (κ3) is 3.79. The Morgan fingerprint density at radius 1 is 1.17 bits per heavy atom. The van der Waals surface area contributed by atoms with E-state index in [-0.39, 0.29) is 19.3 Å². The van der Waals surface area contributed by atoms with Crippen molar-refractivity contribution in [1.29, 1.82) is 0 Å². The highest BCUT2D eigenvalue weighted by Crippen LogP contribution is 2.64. The van der Waals surface area contributed by atoms with Gasteiger partial charge in [0.05, 0.1) is 12.2 Å². The molecule has 1 saturated carbocycles. The number of carbonyl (C=O) groups is 3. The van der Waals surface area contributed by atoms with Crippen LogP contribution in [0.4, 0.5) is 0 Å². The second-order valence-electron chi connectivity index (χ2n) is 11.3. The van der Waals surface area contributed by atoms with Crippen LogP contribution in [0.3, 0.4) is 0 Å². The molecule has 36 heavy (non-hydrogen) atoms. The Bertz CT molecular complexity index is 962. The lowest BCUT2D eigenvalue weighted by atomic mass is 9.53. The molecule has 3 fully saturated rings. The standard InChI is InChI=1S/C26H38O10/c1-7-8-19(29)34-16-9-12(2)10-18-26(25(6,36-26)23(32)35-18)22(31)20-13(3)15(28)11-17(33-14(4)27)24(20,5)21(16)30/h10,13,15-18,20-22,28,30-31H,7-9,11H2,1-6H3. The summed E-state index contributed by atoms with van der Waals surface area (Å²) in [4.78, 5) is 37.4. The smallest absolute Gasteiger partial charge is 0.342 e. The van der Waals surface area contributed by atoms with Gasteiger partial charge >= 0.3 is 17.9 Å². The highest BCUT2D eigenvalue weighted by atomic mass is 16.7. The van der Waals surface area contributed by atoms with Crippen LogP contribution in [0, 0.1) is 17.3 Å². The summed E-state index contributed by atoms with van der Waals surface area (Å²) >= 11 is 0. The van der Waals surface area contributed by atoms with Crippen molar-refractivity contribution in [3.05, 3.63) is 11.6 Å². The molecule has 0 amide bonds. The summed E-state index contributed by atoms with van der Waals surface area (Å²) in [5.74, 6) is -3.22. The lowest BCUT2D eigenvalue weighted by molar-refractivity contribution is -0.235. The molecule has 0 radical (unpaired) electrons. The second-order valence-corrected chi connectivity index (χ2v) is 11.3. The van der Waals surface area contributed by atoms with Gasteiger partial charge in [0.2, 0.25) is 0 Å². The predicted molar refractivity (Wildman–Crippen MR) is 124 cm³/mol. The molecule has 0 aromatic carbocycles. The van der Waals surface area contributed by atoms with Crippen LogP contribution in [0.25, 0.3) is 0 Å². The summed E-state index contributed by atoms with van der Waals surface area (Å²) in [6.45, 7) is 9.80. The van der Waals surface area contributed by atoms with E-state index >= 15 is 0 Å². The minimum Gasteiger partial charge on any atom is -0.462 e. The Morgan fingerprint density at radius 3 is 2.42 bits per heavy atom. The molecule has 0 aromatic rings. The molecule has 11 unspecified atom stereocenters. The normalized spacial score (nSPS) is 47.9. The van der Waals surface area contributed by atoms with Crippen LogP contribution in [0.1, 0.15) is 67.2 Å². The summed E-state index contributed by atoms with van der Waals surface area (Å²) in [7, 11) is 0. The highest BCUT2D eigenvalue weighted by molar-refractivity contribution is 5.88. The first kappa shape index (κ1) is 27.0. The summed E-state index contributed by atoms with van der Waals surface area (Å²) in [6.07, 6.45) is -4.18. The van der Waals surface area contributed by atoms with Crippen molar-refractivity contribution in [2.45, 2.75) is 115 Å². The number of aliphatic hydroxyl groups is 3. The highest BCUT2D eigenvalue weighted by Gasteiger charge is 2.86. The number of rotatable bonds is 4. The molecule has 10 heteroatoms. The van der Waals surface area contributed by atoms with Crippen molar-refractivity contribution in [3.63, 3.8) is 0 Å². The molecule has 2 aliphatic carbocycles. The minimum absolute atomic E-state index is 0.0198. The van der Waals surface area contributed by atoms with Gasteiger partial charge in [-0.1, -0.05) is 26.3 Å². The summed E-state index contributed by atoms with van der Waals surface area (Å²) in [5, 5.41) is 34.9. The molecule has 0 aromatic heterocycles. The van der Waals surface area contributed by atoms with E-state index in [2.05, 4.69) is 0 Å². The van der Waals surface area contributed by atoms with E-state index in [4.69, 9.17) is 18.9 Å². The third-order valence-electron chi connectivity index (χ3n) is 8.94. The van der Waals surface area contributed by atoms with Crippen molar-refractivity contribution in [3.8, 4) is 0 Å². The molecule has 202 valence electrons. The number of ether oxygens (including phenoxy) is 4. The van der Waals surface area contributed by atoms with E-state index in [1.54, 1.807) is 33.8 Å². The van der Waals surface area contributed by atoms with Crippen LogP contribution in [0.5, 0.6) is 0 Å². The molecule has 1 spiro atoms. The number of hydrogen-bond acceptors (Lipinski definition) is 10. The Balaban J connectivity index is 1.89. The van der Waals surface area contributed by atoms with Crippen molar-refractivity contribution in [2.75, 3.05) is 0 Å². The summed E-state index contributed by atoms with van der Waals surface area (Å²) in [5.41, 5.74) is -3.54. The molecule has 10 nitrogen and oxygen atoms in total. The van der Waals surface area contributed by atoms with E-state index in [0.29, 0.717) is 12.0 Å². The van der Waals surface area contributed by atoms with Crippen molar-refractivity contribution >= 4 is 17.9 Å². The maximum absolute atomic E-state index is 12.8. The van der Waals surface area contributed by atoms with Gasteiger partial charge in [-0.25, -0.2) is 4.79 Å². The van der Waals surface area contributed by atoms with Crippen LogP contribution < -0.4 is 0 Å². The van der Waals surface area contributed by atoms with Crippen molar-refractivity contribution in [2.24, 2.45) is 17.3 Å². The fourth-order valence-corrected chi connectivity index (χ4v) is 6.89. The van der Waals surface area contributed by atoms with Crippen LogP contribution >= 0.6 is 0 Å². The molecule has 0 bridgehead atoms. The topological polar surface area (TPSA) is 152 Å². The van der Waals surface area contributed by atoms with Crippen LogP contribution in [0.15, 0.2) is 11.6 Å². The summed E-state index contributed by atoms with van der Waals surface area (Å²) in [6, 6.07) is 0. The molecular weight excluding hydrogens is 472 g/mol. The van der Waals surface area contributed by atoms with E-state index in [0.717, 1.165) is 0 Å². The maximum Gasteiger partial charge on any atom is 0.342 e. The largest absolute Gasteiger partial charge is 0.462 e. The van der Waals surface area contributed by atoms with E-state index in [1.165, 1.54) is 6.92 Å². The zero-order valence-electron chi connectivity index (χ0n) is 21.7. The fraction of sp³-hybridized carbons (Fsp3) is 0.808. The fourth-order valence-electron chi connectivity index (χ4n) is 6.89. The first-order chi connectivity index (χ1) is 16.7. The van der Waals surface area contributed by atoms with Crippen molar-refractivity contribution < 1.29 is 48.7 Å². The zero-order chi connectivity index (χ0) is 26.8. The average molecular weight is 511 g/mol. The van der Waals surface area contributed by atoms with E-state index in [9.17, 15) is 29.7 Å². The number of carbonyl (C=O) groups excluding carboxylic acids is 3. The van der Waals surface area contributed by atoms with Gasteiger partial charge in [-0.3, -0.25) is 9.59 Å². The molecule has 4 rings (SSSR count). The lowest BCUT2D eigenvalue weighted by Gasteiger charge is -2.56. The molecule has 2 saturated heterocycles. The third-order valence-corrected chi connectivity index (χ3v) is 8.94. The maximum atomic E-state index is 12.8. The van der Waals surface area contributed by atoms with E-state index < -0.39 is 83.0 Å². The average Bonchev–Trinajstić information content (AvgIpc) is 3.37. The minimum atomic E-state index is -1.44. The number of epoxide rings is 1. The van der Waals surface area contributed by atoms with Gasteiger partial charge in [-0.2, -0.15) is 0 Å². The van der Waals surface area contributed by atoms with Crippen molar-refractivity contribution in [1.82, 2.24) is 0 Å². The van der Waals surface area contributed by atoms with Gasteiger partial charge in [-0.15, -0.1) is 0 Å². The SMILES string of the molecule is CCCC(=O)OC1CC(C)=CC2OC(=O)C3(C)OC23C(O)C2C(C)C(O)CC(OC(C)=O)C2(C)C1O. The number of hydrogen-bond donors (Lipinski definition) is 3. The molecule has 11 atom stereocenters. The molecule has 2 heterocycles. The lowest BCUT2D eigenvalue weighted by Crippen LogP contribution is -2.67. The Hall–Kier alpha value is -2.01. The molecule has 3 N–H and O–H groups in total. The summed E-state index contributed by atoms with van der Waals surface area (Å²) < 4.78 is 23.0. The first-order valence-corrected chi connectivity index (χ1v) is 12.7. The number of esters is 3. The van der Waals surface area contributed by atoms with Crippen LogP contribution in [-0.2, 0) is 33.3 Å². The monoisotopic (exact) mass is 510 g/mol. The Morgan fingerprint density at radius 2 is 1.83 bits per heavy atom. The zero-order valence-corrected chi connectivity index (χ0v) is 21.7. The molecule has 2 aliphatic heterocycles. The van der Waals surface area contributed by atoms with Gasteiger partial charge in [0, 0.05) is 37.5 Å². The number of aliphatic hydroxyl groups excluding tert-OH is 3. The molecule has 4 aliphatic rings. The van der Waals surface area contributed by atoms with Crippen LogP contribution in [-0.4, -0.2) is 81.1 Å². The van der Waals surface area contributed by atoms with Gasteiger partial charge in [0.25, 0.3) is 0 Å². The quantitative estimate of drug-likeness (QED) is 0.217. The van der Waals surface area contributed by atoms with Gasteiger partial charge in [-0.05, 0) is 32.3 Å². The van der Waals surface area contributed by atoms with Gasteiger partial charge < -0.3 is 34.3 Å². The Labute approximate surface area is 210 Å².